The summed E-state index contributed by atoms with van der Waals surface area (Å²) in [4.78, 5) is 14.6. The predicted molar refractivity (Wildman–Crippen MR) is 74.7 cm³/mol. The van der Waals surface area contributed by atoms with Crippen molar-refractivity contribution >= 4 is 21.7 Å². The van der Waals surface area contributed by atoms with Crippen molar-refractivity contribution in [1.82, 2.24) is 14.8 Å². The van der Waals surface area contributed by atoms with Crippen LogP contribution in [0.5, 0.6) is 0 Å². The zero-order chi connectivity index (χ0) is 15.8. The van der Waals surface area contributed by atoms with Crippen LogP contribution >= 0.6 is 0 Å². The lowest BCUT2D eigenvalue weighted by Crippen LogP contribution is -2.15. The number of aromatic nitrogens is 3. The van der Waals surface area contributed by atoms with Crippen molar-refractivity contribution in [3.05, 3.63) is 35.4 Å². The number of anilines is 1. The van der Waals surface area contributed by atoms with Crippen LogP contribution in [0.15, 0.2) is 23.4 Å². The summed E-state index contributed by atoms with van der Waals surface area (Å²) in [5.74, 6) is -1.18. The smallest absolute Gasteiger partial charge is 0.337 e. The number of rotatable bonds is 4. The normalized spacial score (nSPS) is 11.4. The first-order chi connectivity index (χ1) is 9.72. The molecule has 0 aliphatic carbocycles. The molecule has 0 spiro atoms. The highest BCUT2D eigenvalue weighted by molar-refractivity contribution is 7.92. The molecule has 2 rings (SSSR count). The van der Waals surface area contributed by atoms with Gasteiger partial charge in [0.2, 0.25) is 0 Å². The molecule has 2 aromatic heterocycles. The third kappa shape index (κ3) is 2.87. The van der Waals surface area contributed by atoms with Gasteiger partial charge in [0.15, 0.2) is 0 Å². The first-order valence-corrected chi connectivity index (χ1v) is 7.42. The highest BCUT2D eigenvalue weighted by Gasteiger charge is 2.24. The Morgan fingerprint density at radius 2 is 2.00 bits per heavy atom. The van der Waals surface area contributed by atoms with Gasteiger partial charge in [0.1, 0.15) is 4.90 Å². The third-order valence-corrected chi connectivity index (χ3v) is 4.58. The van der Waals surface area contributed by atoms with E-state index in [2.05, 4.69) is 14.8 Å². The van der Waals surface area contributed by atoms with E-state index in [1.165, 1.54) is 16.9 Å². The number of carboxylic acid groups (broad SMARTS) is 1. The Balaban J connectivity index is 2.42. The van der Waals surface area contributed by atoms with Crippen molar-refractivity contribution in [2.75, 3.05) is 4.72 Å². The molecule has 0 fully saturated rings. The molecule has 112 valence electrons. The Morgan fingerprint density at radius 1 is 1.33 bits per heavy atom. The molecule has 2 aromatic rings. The van der Waals surface area contributed by atoms with Crippen LogP contribution < -0.4 is 4.72 Å². The number of aromatic carboxylic acids is 1. The van der Waals surface area contributed by atoms with Gasteiger partial charge in [-0.25, -0.2) is 13.2 Å². The van der Waals surface area contributed by atoms with Gasteiger partial charge in [0, 0.05) is 13.2 Å². The minimum atomic E-state index is -3.86. The summed E-state index contributed by atoms with van der Waals surface area (Å²) < 4.78 is 28.6. The number of aryl methyl sites for hydroxylation is 2. The lowest BCUT2D eigenvalue weighted by Gasteiger charge is -2.08. The lowest BCUT2D eigenvalue weighted by molar-refractivity contribution is 0.0696. The summed E-state index contributed by atoms with van der Waals surface area (Å²) in [6.45, 7) is 3.23. The summed E-state index contributed by atoms with van der Waals surface area (Å²) in [7, 11) is -2.22. The molecule has 0 amide bonds. The van der Waals surface area contributed by atoms with Crippen LogP contribution in [0.4, 0.5) is 5.69 Å². The Morgan fingerprint density at radius 3 is 2.52 bits per heavy atom. The Hall–Kier alpha value is -2.42. The summed E-state index contributed by atoms with van der Waals surface area (Å²) in [6, 6.07) is 1.20. The van der Waals surface area contributed by atoms with Crippen molar-refractivity contribution in [2.45, 2.75) is 18.7 Å². The number of hydrogen-bond acceptors (Lipinski definition) is 5. The van der Waals surface area contributed by atoms with E-state index in [-0.39, 0.29) is 16.1 Å². The number of carbonyl (C=O) groups is 1. The fourth-order valence-electron chi connectivity index (χ4n) is 1.96. The van der Waals surface area contributed by atoms with Crippen LogP contribution in [0.1, 0.15) is 21.7 Å². The third-order valence-electron chi connectivity index (χ3n) is 2.95. The van der Waals surface area contributed by atoms with E-state index in [1.54, 1.807) is 20.9 Å². The number of sulfonamides is 1. The largest absolute Gasteiger partial charge is 0.478 e. The van der Waals surface area contributed by atoms with E-state index >= 15 is 0 Å². The molecule has 0 saturated carbocycles. The van der Waals surface area contributed by atoms with Gasteiger partial charge in [-0.1, -0.05) is 0 Å². The van der Waals surface area contributed by atoms with E-state index in [0.29, 0.717) is 11.4 Å². The van der Waals surface area contributed by atoms with Gasteiger partial charge >= 0.3 is 5.97 Å². The molecule has 0 atom stereocenters. The zero-order valence-electron chi connectivity index (χ0n) is 11.7. The summed E-state index contributed by atoms with van der Waals surface area (Å²) in [5, 5.41) is 12.9. The maximum atomic E-state index is 12.4. The van der Waals surface area contributed by atoms with Crippen molar-refractivity contribution < 1.29 is 18.3 Å². The first kappa shape index (κ1) is 15.0. The van der Waals surface area contributed by atoms with E-state index in [4.69, 9.17) is 5.11 Å². The Bertz CT molecular complexity index is 811. The zero-order valence-corrected chi connectivity index (χ0v) is 12.5. The standard InChI is InChI=1S/C12H14N4O4S/c1-7-11(8(2)16(3)14-7)21(19,20)15-10-4-9(12(17)18)5-13-6-10/h4-6,15H,1-3H3,(H,17,18). The number of hydrogen-bond donors (Lipinski definition) is 2. The van der Waals surface area contributed by atoms with Crippen molar-refractivity contribution in [3.63, 3.8) is 0 Å². The second-order valence-corrected chi connectivity index (χ2v) is 6.12. The molecule has 0 aliphatic rings. The van der Waals surface area contributed by atoms with Crippen LogP contribution in [-0.4, -0.2) is 34.3 Å². The minimum absolute atomic E-state index is 0.0747. The maximum absolute atomic E-state index is 12.4. The van der Waals surface area contributed by atoms with Gasteiger partial charge in [0.05, 0.1) is 28.8 Å². The molecule has 0 aliphatic heterocycles. The summed E-state index contributed by atoms with van der Waals surface area (Å²) in [5.41, 5.74) is 0.833. The monoisotopic (exact) mass is 310 g/mol. The molecule has 0 bridgehead atoms. The van der Waals surface area contributed by atoms with Gasteiger partial charge in [-0.2, -0.15) is 5.10 Å². The van der Waals surface area contributed by atoms with E-state index < -0.39 is 16.0 Å². The van der Waals surface area contributed by atoms with Crippen molar-refractivity contribution in [3.8, 4) is 0 Å². The molecule has 0 saturated heterocycles. The van der Waals surface area contributed by atoms with E-state index in [1.807, 2.05) is 0 Å². The molecular formula is C12H14N4O4S. The average molecular weight is 310 g/mol. The number of nitrogens with zero attached hydrogens (tertiary/aromatic N) is 3. The number of pyridine rings is 1. The molecule has 0 unspecified atom stereocenters. The minimum Gasteiger partial charge on any atom is -0.478 e. The van der Waals surface area contributed by atoms with Gasteiger partial charge in [-0.3, -0.25) is 14.4 Å². The summed E-state index contributed by atoms with van der Waals surface area (Å²) >= 11 is 0. The topological polar surface area (TPSA) is 114 Å². The molecule has 0 aromatic carbocycles. The number of nitrogens with one attached hydrogen (secondary N) is 1. The fourth-order valence-corrected chi connectivity index (χ4v) is 3.44. The van der Waals surface area contributed by atoms with Gasteiger partial charge in [-0.15, -0.1) is 0 Å². The van der Waals surface area contributed by atoms with Crippen LogP contribution in [0.25, 0.3) is 0 Å². The van der Waals surface area contributed by atoms with Crippen LogP contribution in [-0.2, 0) is 17.1 Å². The first-order valence-electron chi connectivity index (χ1n) is 5.93. The molecule has 21 heavy (non-hydrogen) atoms. The SMILES string of the molecule is Cc1nn(C)c(C)c1S(=O)(=O)Nc1cncc(C(=O)O)c1. The van der Waals surface area contributed by atoms with Crippen LogP contribution in [0.2, 0.25) is 0 Å². The van der Waals surface area contributed by atoms with Crippen LogP contribution in [0, 0.1) is 13.8 Å². The molecule has 2 N–H and O–H groups in total. The van der Waals surface area contributed by atoms with E-state index in [0.717, 1.165) is 6.20 Å². The Labute approximate surface area is 121 Å². The highest BCUT2D eigenvalue weighted by atomic mass is 32.2. The molecule has 0 radical (unpaired) electrons. The van der Waals surface area contributed by atoms with Gasteiger partial charge < -0.3 is 5.11 Å². The van der Waals surface area contributed by atoms with Gasteiger partial charge in [0.25, 0.3) is 10.0 Å². The molecular weight excluding hydrogens is 296 g/mol. The molecule has 8 nitrogen and oxygen atoms in total. The predicted octanol–water partition coefficient (Wildman–Crippen LogP) is 0.931. The van der Waals surface area contributed by atoms with Crippen LogP contribution in [0.3, 0.4) is 0 Å². The number of carboxylic acids is 1. The van der Waals surface area contributed by atoms with Crippen molar-refractivity contribution in [1.29, 1.82) is 0 Å². The second kappa shape index (κ2) is 5.17. The average Bonchev–Trinajstić information content (AvgIpc) is 2.63. The fraction of sp³-hybridized carbons (Fsp3) is 0.250. The summed E-state index contributed by atoms with van der Waals surface area (Å²) in [6.07, 6.45) is 2.38. The second-order valence-electron chi connectivity index (χ2n) is 4.50. The molecule has 9 heteroatoms. The van der Waals surface area contributed by atoms with Crippen molar-refractivity contribution in [2.24, 2.45) is 7.05 Å². The molecule has 2 heterocycles. The highest BCUT2D eigenvalue weighted by Crippen LogP contribution is 2.22. The van der Waals surface area contributed by atoms with E-state index in [9.17, 15) is 13.2 Å². The maximum Gasteiger partial charge on any atom is 0.337 e. The quantitative estimate of drug-likeness (QED) is 0.868. The Kier molecular flexibility index (Phi) is 3.69. The lowest BCUT2D eigenvalue weighted by atomic mass is 10.3. The van der Waals surface area contributed by atoms with Gasteiger partial charge in [-0.05, 0) is 19.9 Å².